The lowest BCUT2D eigenvalue weighted by Gasteiger charge is -2.26. The number of amides is 1. The number of hydrogen-bond donors (Lipinski definition) is 1. The highest BCUT2D eigenvalue weighted by molar-refractivity contribution is 8.14. The Morgan fingerprint density at radius 2 is 2.00 bits per heavy atom. The highest BCUT2D eigenvalue weighted by atomic mass is 32.2. The Morgan fingerprint density at radius 3 is 2.74 bits per heavy atom. The molecule has 6 nitrogen and oxygen atoms in total. The average Bonchev–Trinajstić information content (AvgIpc) is 3.15. The standard InChI is InChI=1S/C21H21F2N3O3S2/c1-12-4-3-5-16(13(12)2)24-20(27)9-30-21-25-17-10-31(28,29)11-19(17)26(21)18-7-6-14(22)8-15(18)23/h3-8,17,19H,9-11H2,1-2H3,(H,24,27)/t17-,19+/m1/s1. The third-order valence-corrected chi connectivity index (χ3v) is 8.15. The van der Waals surface area contributed by atoms with Gasteiger partial charge in [0.15, 0.2) is 15.0 Å². The largest absolute Gasteiger partial charge is 0.325 e. The molecule has 1 N–H and O–H groups in total. The highest BCUT2D eigenvalue weighted by Crippen LogP contribution is 2.36. The first-order valence-electron chi connectivity index (χ1n) is 9.66. The first-order chi connectivity index (χ1) is 14.6. The summed E-state index contributed by atoms with van der Waals surface area (Å²) in [6.45, 7) is 3.87. The van der Waals surface area contributed by atoms with E-state index in [0.29, 0.717) is 10.9 Å². The van der Waals surface area contributed by atoms with Crippen LogP contribution in [0.2, 0.25) is 0 Å². The number of fused-ring (bicyclic) bond motifs is 1. The smallest absolute Gasteiger partial charge is 0.234 e. The van der Waals surface area contributed by atoms with E-state index in [9.17, 15) is 22.0 Å². The molecule has 31 heavy (non-hydrogen) atoms. The Morgan fingerprint density at radius 1 is 1.23 bits per heavy atom. The topological polar surface area (TPSA) is 78.8 Å². The normalized spacial score (nSPS) is 21.7. The van der Waals surface area contributed by atoms with Crippen molar-refractivity contribution in [3.05, 3.63) is 59.2 Å². The fourth-order valence-electron chi connectivity index (χ4n) is 3.79. The maximum atomic E-state index is 14.5. The second kappa shape index (κ2) is 8.23. The minimum absolute atomic E-state index is 0.0116. The molecule has 164 valence electrons. The van der Waals surface area contributed by atoms with Crippen LogP contribution in [0.5, 0.6) is 0 Å². The molecule has 2 aromatic rings. The fraction of sp³-hybridized carbons (Fsp3) is 0.333. The zero-order valence-corrected chi connectivity index (χ0v) is 18.6. The summed E-state index contributed by atoms with van der Waals surface area (Å²) in [5.74, 6) is -2.08. The summed E-state index contributed by atoms with van der Waals surface area (Å²) >= 11 is 1.10. The first-order valence-corrected chi connectivity index (χ1v) is 12.5. The second-order valence-corrected chi connectivity index (χ2v) is 10.8. The second-order valence-electron chi connectivity index (χ2n) is 7.67. The molecule has 0 spiro atoms. The summed E-state index contributed by atoms with van der Waals surface area (Å²) in [5.41, 5.74) is 2.78. The van der Waals surface area contributed by atoms with Crippen LogP contribution >= 0.6 is 11.8 Å². The number of aryl methyl sites for hydroxylation is 1. The van der Waals surface area contributed by atoms with E-state index in [2.05, 4.69) is 10.3 Å². The Bertz CT molecular complexity index is 1180. The summed E-state index contributed by atoms with van der Waals surface area (Å²) < 4.78 is 52.1. The molecule has 0 bridgehead atoms. The Balaban J connectivity index is 1.54. The number of amidine groups is 1. The maximum absolute atomic E-state index is 14.5. The van der Waals surface area contributed by atoms with Gasteiger partial charge in [0, 0.05) is 11.8 Å². The molecule has 0 unspecified atom stereocenters. The van der Waals surface area contributed by atoms with Crippen LogP contribution in [0.1, 0.15) is 11.1 Å². The van der Waals surface area contributed by atoms with E-state index >= 15 is 0 Å². The molecule has 0 aromatic heterocycles. The quantitative estimate of drug-likeness (QED) is 0.750. The van der Waals surface area contributed by atoms with Crippen molar-refractivity contribution in [3.8, 4) is 0 Å². The van der Waals surface area contributed by atoms with E-state index in [1.807, 2.05) is 32.0 Å². The van der Waals surface area contributed by atoms with Crippen molar-refractivity contribution < 1.29 is 22.0 Å². The lowest BCUT2D eigenvalue weighted by Crippen LogP contribution is -2.40. The van der Waals surface area contributed by atoms with Gasteiger partial charge in [-0.15, -0.1) is 0 Å². The Kier molecular flexibility index (Phi) is 5.78. The monoisotopic (exact) mass is 465 g/mol. The van der Waals surface area contributed by atoms with Gasteiger partial charge in [0.1, 0.15) is 11.6 Å². The summed E-state index contributed by atoms with van der Waals surface area (Å²) in [6, 6.07) is 7.64. The molecule has 2 atom stereocenters. The lowest BCUT2D eigenvalue weighted by molar-refractivity contribution is -0.113. The van der Waals surface area contributed by atoms with E-state index in [4.69, 9.17) is 0 Å². The third-order valence-electron chi connectivity index (χ3n) is 5.49. The van der Waals surface area contributed by atoms with Gasteiger partial charge in [0.05, 0.1) is 35.0 Å². The van der Waals surface area contributed by atoms with Crippen LogP contribution in [-0.4, -0.2) is 48.8 Å². The summed E-state index contributed by atoms with van der Waals surface area (Å²) in [5, 5.41) is 3.21. The molecule has 2 aliphatic heterocycles. The summed E-state index contributed by atoms with van der Waals surface area (Å²) in [7, 11) is -3.31. The van der Waals surface area contributed by atoms with Gasteiger partial charge in [-0.25, -0.2) is 17.2 Å². The molecule has 4 rings (SSSR count). The van der Waals surface area contributed by atoms with Crippen LogP contribution in [0, 0.1) is 25.5 Å². The van der Waals surface area contributed by atoms with Crippen molar-refractivity contribution in [2.75, 3.05) is 27.5 Å². The number of aliphatic imine (C=N–C) groups is 1. The van der Waals surface area contributed by atoms with Gasteiger partial charge in [0.2, 0.25) is 5.91 Å². The summed E-state index contributed by atoms with van der Waals surface area (Å²) in [4.78, 5) is 18.5. The van der Waals surface area contributed by atoms with Crippen LogP contribution in [0.4, 0.5) is 20.2 Å². The van der Waals surface area contributed by atoms with Crippen molar-refractivity contribution in [1.82, 2.24) is 0 Å². The van der Waals surface area contributed by atoms with Crippen LogP contribution < -0.4 is 10.2 Å². The van der Waals surface area contributed by atoms with Gasteiger partial charge in [-0.05, 0) is 43.2 Å². The number of halogens is 2. The number of thioether (sulfide) groups is 1. The number of carbonyl (C=O) groups excluding carboxylic acids is 1. The number of hydrogen-bond acceptors (Lipinski definition) is 6. The molecule has 1 saturated heterocycles. The number of anilines is 2. The van der Waals surface area contributed by atoms with Crippen LogP contribution in [0.3, 0.4) is 0 Å². The van der Waals surface area contributed by atoms with E-state index in [0.717, 1.165) is 35.0 Å². The fourth-order valence-corrected chi connectivity index (χ4v) is 6.55. The average molecular weight is 466 g/mol. The minimum Gasteiger partial charge on any atom is -0.325 e. The number of nitrogens with one attached hydrogen (secondary N) is 1. The van der Waals surface area contributed by atoms with Gasteiger partial charge in [-0.3, -0.25) is 9.79 Å². The molecule has 1 fully saturated rings. The Hall–Kier alpha value is -2.46. The number of nitrogens with zero attached hydrogens (tertiary/aromatic N) is 2. The van der Waals surface area contributed by atoms with Gasteiger partial charge >= 0.3 is 0 Å². The van der Waals surface area contributed by atoms with Gasteiger partial charge < -0.3 is 10.2 Å². The Labute approximate surface area is 183 Å². The molecular formula is C21H21F2N3O3S2. The van der Waals surface area contributed by atoms with Crippen molar-refractivity contribution in [1.29, 1.82) is 0 Å². The van der Waals surface area contributed by atoms with Gasteiger partial charge in [-0.2, -0.15) is 0 Å². The molecular weight excluding hydrogens is 444 g/mol. The number of benzene rings is 2. The van der Waals surface area contributed by atoms with Gasteiger partial charge in [0.25, 0.3) is 0 Å². The molecule has 0 saturated carbocycles. The maximum Gasteiger partial charge on any atom is 0.234 e. The molecule has 0 aliphatic carbocycles. The molecule has 2 heterocycles. The third kappa shape index (κ3) is 4.45. The SMILES string of the molecule is Cc1cccc(NC(=O)CSC2=N[C@@H]3CS(=O)(=O)C[C@@H]3N2c2ccc(F)cc2F)c1C. The molecule has 0 radical (unpaired) electrons. The van der Waals surface area contributed by atoms with Crippen molar-refractivity contribution in [2.24, 2.45) is 4.99 Å². The highest BCUT2D eigenvalue weighted by Gasteiger charge is 2.47. The van der Waals surface area contributed by atoms with E-state index in [-0.39, 0.29) is 28.9 Å². The van der Waals surface area contributed by atoms with Crippen molar-refractivity contribution in [2.45, 2.75) is 25.9 Å². The van der Waals surface area contributed by atoms with Crippen LogP contribution in [0.15, 0.2) is 41.4 Å². The zero-order valence-electron chi connectivity index (χ0n) is 16.9. The minimum atomic E-state index is -3.31. The molecule has 2 aliphatic rings. The van der Waals surface area contributed by atoms with E-state index < -0.39 is 33.6 Å². The lowest BCUT2D eigenvalue weighted by atomic mass is 10.1. The van der Waals surface area contributed by atoms with Gasteiger partial charge in [-0.1, -0.05) is 23.9 Å². The predicted octanol–water partition coefficient (Wildman–Crippen LogP) is 3.30. The van der Waals surface area contributed by atoms with Crippen LogP contribution in [-0.2, 0) is 14.6 Å². The van der Waals surface area contributed by atoms with Crippen molar-refractivity contribution in [3.63, 3.8) is 0 Å². The summed E-state index contributed by atoms with van der Waals surface area (Å²) in [6.07, 6.45) is 0. The van der Waals surface area contributed by atoms with Crippen LogP contribution in [0.25, 0.3) is 0 Å². The molecule has 10 heteroatoms. The molecule has 1 amide bonds. The molecule has 2 aromatic carbocycles. The zero-order chi connectivity index (χ0) is 22.3. The predicted molar refractivity (Wildman–Crippen MR) is 120 cm³/mol. The van der Waals surface area contributed by atoms with E-state index in [1.165, 1.54) is 11.0 Å². The van der Waals surface area contributed by atoms with E-state index in [1.54, 1.807) is 0 Å². The first kappa shape index (κ1) is 21.8. The van der Waals surface area contributed by atoms with Crippen molar-refractivity contribution >= 4 is 44.0 Å². The number of carbonyl (C=O) groups is 1. The number of sulfone groups is 1. The number of rotatable bonds is 4.